The lowest BCUT2D eigenvalue weighted by Gasteiger charge is -2.41. The number of likely N-dealkylation sites (tertiary alicyclic amines) is 1. The minimum absolute atomic E-state index is 0.0136. The molecule has 3 heterocycles. The van der Waals surface area contributed by atoms with E-state index in [1.165, 1.54) is 33.7 Å². The average Bonchev–Trinajstić information content (AvgIpc) is 4.01. The number of carbonyl (C=O) groups excluding carboxylic acids is 6. The van der Waals surface area contributed by atoms with Gasteiger partial charge in [0, 0.05) is 95.7 Å². The molecule has 2 aromatic carbocycles. The number of halogens is 2. The molecule has 1 aromatic heterocycles. The van der Waals surface area contributed by atoms with Gasteiger partial charge in [-0.3, -0.25) is 33.7 Å². The molecule has 73 heavy (non-hydrogen) atoms. The molecule has 5 rings (SSSR count). The van der Waals surface area contributed by atoms with E-state index in [1.54, 1.807) is 6.20 Å². The van der Waals surface area contributed by atoms with Crippen molar-refractivity contribution in [1.29, 1.82) is 0 Å². The fourth-order valence-corrected chi connectivity index (χ4v) is 9.63. The van der Waals surface area contributed by atoms with E-state index in [-0.39, 0.29) is 80.3 Å². The number of nitrogens with zero attached hydrogens (tertiary/aromatic N) is 5. The summed E-state index contributed by atoms with van der Waals surface area (Å²) >= 11 is 1.30. The lowest BCUT2D eigenvalue weighted by Crippen LogP contribution is -2.47. The number of hydrogen-bond donors (Lipinski definition) is 5. The van der Waals surface area contributed by atoms with Crippen LogP contribution in [0.3, 0.4) is 0 Å². The molecule has 2 aliphatic heterocycles. The zero-order valence-electron chi connectivity index (χ0n) is 41.8. The van der Waals surface area contributed by atoms with Crippen molar-refractivity contribution in [2.75, 3.05) is 91.3 Å². The summed E-state index contributed by atoms with van der Waals surface area (Å²) in [5, 5.41) is 26.1. The lowest BCUT2D eigenvalue weighted by atomic mass is 9.84. The summed E-state index contributed by atoms with van der Waals surface area (Å²) in [7, 11) is 0. The van der Waals surface area contributed by atoms with Crippen molar-refractivity contribution in [3.05, 3.63) is 89.9 Å². The van der Waals surface area contributed by atoms with E-state index >= 15 is 4.39 Å². The highest BCUT2D eigenvalue weighted by molar-refractivity contribution is 8.00. The van der Waals surface area contributed by atoms with Crippen molar-refractivity contribution < 1.29 is 62.0 Å². The number of aliphatic hydroxyl groups is 2. The van der Waals surface area contributed by atoms with Gasteiger partial charge in [-0.05, 0) is 60.2 Å². The average molecular weight is 1040 g/mol. The first kappa shape index (κ1) is 58.3. The minimum Gasteiger partial charge on any atom is -0.387 e. The minimum atomic E-state index is -1.09. The molecular formula is C51H70F2N8O11S. The van der Waals surface area contributed by atoms with Gasteiger partial charge in [-0.1, -0.05) is 51.1 Å². The van der Waals surface area contributed by atoms with Gasteiger partial charge in [0.2, 0.25) is 23.6 Å². The number of aliphatic hydroxyl groups excluding tert-OH is 2. The first-order valence-corrected chi connectivity index (χ1v) is 25.6. The van der Waals surface area contributed by atoms with Crippen molar-refractivity contribution in [1.82, 2.24) is 34.9 Å². The summed E-state index contributed by atoms with van der Waals surface area (Å²) in [5.41, 5.74) is 6.64. The molecule has 19 nitrogen and oxygen atoms in total. The smallest absolute Gasteiger partial charge is 0.253 e. The molecule has 0 aliphatic carbocycles. The van der Waals surface area contributed by atoms with E-state index in [0.717, 1.165) is 28.7 Å². The normalized spacial score (nSPS) is 16.6. The van der Waals surface area contributed by atoms with Crippen LogP contribution in [0.2, 0.25) is 0 Å². The zero-order chi connectivity index (χ0) is 52.9. The predicted octanol–water partition coefficient (Wildman–Crippen LogP) is 2.78. The Bertz CT molecular complexity index is 2320. The summed E-state index contributed by atoms with van der Waals surface area (Å²) in [4.78, 5) is 83.7. The number of aromatic nitrogens is 2. The predicted molar refractivity (Wildman–Crippen MR) is 268 cm³/mol. The molecule has 1 saturated heterocycles. The molecule has 22 heteroatoms. The van der Waals surface area contributed by atoms with Crippen molar-refractivity contribution in [3.8, 4) is 11.3 Å². The summed E-state index contributed by atoms with van der Waals surface area (Å²) in [6.07, 6.45) is 4.20. The van der Waals surface area contributed by atoms with Crippen LogP contribution in [0.1, 0.15) is 70.3 Å². The van der Waals surface area contributed by atoms with Gasteiger partial charge in [0.15, 0.2) is 0 Å². The first-order valence-electron chi connectivity index (χ1n) is 24.6. The lowest BCUT2D eigenvalue weighted by molar-refractivity contribution is -0.140. The van der Waals surface area contributed by atoms with Gasteiger partial charge in [-0.25, -0.2) is 13.8 Å². The molecule has 1 fully saturated rings. The second-order valence-electron chi connectivity index (χ2n) is 18.8. The summed E-state index contributed by atoms with van der Waals surface area (Å²) in [6.45, 7) is 8.48. The number of thioether (sulfide) groups is 1. The molecular weight excluding hydrogens is 971 g/mol. The molecule has 4 atom stereocenters. The van der Waals surface area contributed by atoms with Gasteiger partial charge in [0.05, 0.1) is 43.4 Å². The Kier molecular flexibility index (Phi) is 23.4. The Morgan fingerprint density at radius 2 is 1.49 bits per heavy atom. The van der Waals surface area contributed by atoms with Crippen molar-refractivity contribution in [3.63, 3.8) is 0 Å². The SMILES string of the molecule is CC(C)(C)[C@H](c1nc(-c2cc(F)ccc2F)cn1Cc1ccccc1)N(CC(CN)CSC1CC(O)N(CCC(=O)NCCCOCCOCCOCCCNC(=O)CCN2C(=O)C=CC2=O)C1=O)C(=O)CO. The molecule has 3 aromatic rings. The Hall–Kier alpha value is -5.62. The topological polar surface area (TPSA) is 248 Å². The molecule has 0 saturated carbocycles. The monoisotopic (exact) mass is 1040 g/mol. The van der Waals surface area contributed by atoms with E-state index in [4.69, 9.17) is 24.9 Å². The Morgan fingerprint density at radius 1 is 0.890 bits per heavy atom. The molecule has 0 bridgehead atoms. The third kappa shape index (κ3) is 18.1. The standard InChI is InChI=1S/C51H70F2N8O11S/c1-51(2,3)48(49-57-40(38-27-37(52)11-12-39(38)53)32-58(49)30-35-9-5-4-6-10-35)61(47(68)33-62)31-36(29-54)34-73-41-28-46(67)60(50(41)69)20-16-43(64)56-18-8-22-71-24-26-72-25-23-70-21-7-17-55-42(63)15-19-59-44(65)13-14-45(59)66/h4-6,9-14,27,32,36,41,46,48,62,67H,7-8,15-26,28-31,33-34,54H2,1-3H3,(H,55,63)(H,56,64)/t36?,41?,46?,48-/m0/s1. The molecule has 2 aliphatic rings. The highest BCUT2D eigenvalue weighted by Crippen LogP contribution is 2.40. The summed E-state index contributed by atoms with van der Waals surface area (Å²) in [5.74, 6) is -3.25. The van der Waals surface area contributed by atoms with Gasteiger partial charge < -0.3 is 55.2 Å². The third-order valence-electron chi connectivity index (χ3n) is 12.1. The van der Waals surface area contributed by atoms with Gasteiger partial charge >= 0.3 is 0 Å². The summed E-state index contributed by atoms with van der Waals surface area (Å²) < 4.78 is 48.0. The van der Waals surface area contributed by atoms with Crippen LogP contribution in [0.4, 0.5) is 8.78 Å². The number of imidazole rings is 1. The summed E-state index contributed by atoms with van der Waals surface area (Å²) in [6, 6.07) is 11.8. The molecule has 6 amide bonds. The quantitative estimate of drug-likeness (QED) is 0.0446. The van der Waals surface area contributed by atoms with Gasteiger partial charge in [0.25, 0.3) is 11.8 Å². The number of amides is 6. The van der Waals surface area contributed by atoms with Crippen LogP contribution in [0.5, 0.6) is 0 Å². The number of nitrogens with two attached hydrogens (primary N) is 1. The van der Waals surface area contributed by atoms with Gasteiger partial charge in [-0.15, -0.1) is 11.8 Å². The number of nitrogens with one attached hydrogen (secondary N) is 2. The first-order chi connectivity index (χ1) is 35.0. The van der Waals surface area contributed by atoms with Crippen LogP contribution in [0, 0.1) is 23.0 Å². The van der Waals surface area contributed by atoms with E-state index < -0.39 is 58.9 Å². The van der Waals surface area contributed by atoms with Crippen LogP contribution in [0.25, 0.3) is 11.3 Å². The maximum Gasteiger partial charge on any atom is 0.253 e. The highest BCUT2D eigenvalue weighted by atomic mass is 32.2. The molecule has 0 spiro atoms. The van der Waals surface area contributed by atoms with Crippen molar-refractivity contribution in [2.45, 2.75) is 76.9 Å². The van der Waals surface area contributed by atoms with E-state index in [1.807, 2.05) is 55.7 Å². The van der Waals surface area contributed by atoms with Crippen molar-refractivity contribution in [2.24, 2.45) is 17.1 Å². The Morgan fingerprint density at radius 3 is 2.08 bits per heavy atom. The molecule has 0 radical (unpaired) electrons. The Balaban J connectivity index is 0.998. The number of imide groups is 1. The fraction of sp³-hybridized carbons (Fsp3) is 0.549. The van der Waals surface area contributed by atoms with Crippen LogP contribution in [-0.2, 0) is 49.5 Å². The second kappa shape index (κ2) is 29.3. The second-order valence-corrected chi connectivity index (χ2v) is 20.0. The molecule has 400 valence electrons. The van der Waals surface area contributed by atoms with Gasteiger partial charge in [-0.2, -0.15) is 0 Å². The molecule has 6 N–H and O–H groups in total. The number of ether oxygens (including phenoxy) is 3. The van der Waals surface area contributed by atoms with Crippen molar-refractivity contribution >= 4 is 47.2 Å². The van der Waals surface area contributed by atoms with Crippen LogP contribution >= 0.6 is 11.8 Å². The maximum absolute atomic E-state index is 15.2. The largest absolute Gasteiger partial charge is 0.387 e. The number of rotatable bonds is 32. The van der Waals surface area contributed by atoms with Crippen LogP contribution in [0.15, 0.2) is 66.9 Å². The van der Waals surface area contributed by atoms with E-state index in [2.05, 4.69) is 10.6 Å². The van der Waals surface area contributed by atoms with E-state index in [9.17, 15) is 43.4 Å². The third-order valence-corrected chi connectivity index (χ3v) is 13.5. The number of carbonyl (C=O) groups is 6. The zero-order valence-corrected chi connectivity index (χ0v) is 42.7. The maximum atomic E-state index is 15.2. The fourth-order valence-electron chi connectivity index (χ4n) is 8.30. The Labute approximate surface area is 429 Å². The van der Waals surface area contributed by atoms with Gasteiger partial charge in [0.1, 0.15) is 30.3 Å². The number of benzene rings is 2. The van der Waals surface area contributed by atoms with E-state index in [0.29, 0.717) is 83.7 Å². The highest BCUT2D eigenvalue weighted by Gasteiger charge is 2.41. The number of hydrogen-bond acceptors (Lipinski definition) is 14. The van der Waals surface area contributed by atoms with Crippen LogP contribution < -0.4 is 16.4 Å². The van der Waals surface area contributed by atoms with Crippen LogP contribution in [-0.4, -0.2) is 173 Å². The molecule has 3 unspecified atom stereocenters.